The molecule has 17 heteroatoms. The average Bonchev–Trinajstić information content (AvgIpc) is 0.768. The Labute approximate surface area is 874 Å². The van der Waals surface area contributed by atoms with E-state index >= 15 is 0 Å². The zero-order valence-electron chi connectivity index (χ0n) is 79.3. The maximum Gasteiger partial charge on any atom is 0.333 e. The summed E-state index contributed by atoms with van der Waals surface area (Å²) in [4.78, 5) is 50.2. The number of methoxy groups -OCH3 is 3. The van der Waals surface area contributed by atoms with Crippen LogP contribution in [0.5, 0.6) is 69.0 Å². The van der Waals surface area contributed by atoms with Crippen molar-refractivity contribution in [3.05, 3.63) is 502 Å². The predicted molar refractivity (Wildman–Crippen MR) is 604 cm³/mol. The molecule has 5 atom stereocenters. The van der Waals surface area contributed by atoms with Crippen molar-refractivity contribution in [1.29, 1.82) is 0 Å². The van der Waals surface area contributed by atoms with Gasteiger partial charge in [-0.25, -0.2) is 4.79 Å². The van der Waals surface area contributed by atoms with Gasteiger partial charge in [0, 0.05) is 55.2 Å². The molecule has 772 valence electrons. The number of rotatable bonds is 40. The lowest BCUT2D eigenvalue weighted by molar-refractivity contribution is -0.142. The van der Waals surface area contributed by atoms with E-state index < -0.39 is 34.4 Å². The molecule has 0 amide bonds. The molecule has 2 N–H and O–H groups in total. The molecule has 0 fully saturated rings. The lowest BCUT2D eigenvalue weighted by Crippen LogP contribution is -2.26. The SMILES string of the molecule is C.C.C.C.C.C.C.C.C.C=C(C)C(=O)OCC(O)COc1ccc(C(C)(c2ccc(OC)cc2)c2ccc(Oc3ccc(C(=O)c4ccc(C)cc4)cc3)cc2)cc1.C=CCOCC(O)COc1ccc(C(C)(c2ccc(OC)cc2)c2ccc(Oc3ccc(C(=O)c4ccc(C)cc4)cc3)cc2)cc1.C=CCOc1ccc(C(C)(c2ccc(OC)cc2)c2ccc(Oc3ccc(C(=O)c4ccc(C)cc4)cc3)cc2)cc1. The molecular weight excluding hydrogens is 1830 g/mol. The van der Waals surface area contributed by atoms with Gasteiger partial charge < -0.3 is 62.3 Å². The summed E-state index contributed by atoms with van der Waals surface area (Å²) in [7, 11) is 4.97. The van der Waals surface area contributed by atoms with Gasteiger partial charge in [0.05, 0.1) is 34.5 Å². The number of ketones is 3. The second-order valence-electron chi connectivity index (χ2n) is 33.9. The summed E-state index contributed by atoms with van der Waals surface area (Å²) in [5, 5.41) is 20.3. The van der Waals surface area contributed by atoms with Gasteiger partial charge >= 0.3 is 5.97 Å². The quantitative estimate of drug-likeness (QED) is 0.00913. The van der Waals surface area contributed by atoms with Crippen molar-refractivity contribution >= 4 is 23.3 Å². The third-order valence-corrected chi connectivity index (χ3v) is 24.1. The monoisotopic (exact) mass is 1980 g/mol. The molecule has 5 unspecified atom stereocenters. The van der Waals surface area contributed by atoms with Crippen LogP contribution in [0.1, 0.15) is 209 Å². The lowest BCUT2D eigenvalue weighted by Gasteiger charge is -2.32. The molecule has 0 aliphatic heterocycles. The highest BCUT2D eigenvalue weighted by Crippen LogP contribution is 2.45. The molecule has 0 bridgehead atoms. The van der Waals surface area contributed by atoms with Gasteiger partial charge in [0.1, 0.15) is 108 Å². The van der Waals surface area contributed by atoms with Crippen LogP contribution in [0.3, 0.4) is 0 Å². The fourth-order valence-corrected chi connectivity index (χ4v) is 15.8. The Kier molecular flexibility index (Phi) is 49.3. The van der Waals surface area contributed by atoms with Crippen molar-refractivity contribution in [3.8, 4) is 69.0 Å². The van der Waals surface area contributed by atoms with E-state index in [-0.39, 0.29) is 116 Å². The summed E-state index contributed by atoms with van der Waals surface area (Å²) in [6.45, 7) is 25.9. The maximum atomic E-state index is 12.9. The van der Waals surface area contributed by atoms with Gasteiger partial charge in [-0.05, 0) is 281 Å². The number of esters is 1. The first kappa shape index (κ1) is 123. The minimum Gasteiger partial charge on any atom is -0.497 e. The van der Waals surface area contributed by atoms with Crippen molar-refractivity contribution in [2.45, 2.75) is 144 Å². The van der Waals surface area contributed by atoms with Crippen LogP contribution >= 0.6 is 0 Å². The van der Waals surface area contributed by atoms with Crippen LogP contribution in [0, 0.1) is 20.8 Å². The number of ether oxygens (including phenoxy) is 11. The standard InChI is InChI=1S/C42H40O7.C41H40O6.C38H34O4.9CH4/c1-28(2)41(45)48-27-35(43)26-47-37-22-14-33(15-23-37)42(4,32-12-20-36(46-5)21-13-32)34-16-24-39(25-17-34)49-38-18-10-31(11-19-38)40(44)30-8-6-29(3)7-9-30;1-5-26-45-27-35(42)28-46-37-22-14-33(15-23-37)41(3,32-12-20-36(44-4)21-13-32)34-16-24-39(25-17-34)47-38-18-10-31(11-19-38)40(43)30-8-6-29(2)7-9-30;1-5-26-41-34-22-14-31(15-23-34)38(3,30-12-20-33(40-4)21-13-30)32-16-24-36(25-17-32)42-35-18-10-29(11-19-35)37(39)28-8-6-27(2)7-9-28;;;;;;;;;/h6-25,35,43H,1,26-27H2,2-5H3;5-25,35,42H,1,26-28H2,2-4H3;5-25H,1,26H2,2-4H3;9*1H4. The van der Waals surface area contributed by atoms with E-state index in [0.29, 0.717) is 92.6 Å². The molecule has 0 aliphatic carbocycles. The molecule has 0 aliphatic rings. The summed E-state index contributed by atoms with van der Waals surface area (Å²) in [6, 6.07) is 117. The molecule has 0 saturated heterocycles. The van der Waals surface area contributed by atoms with Gasteiger partial charge in [-0.1, -0.05) is 291 Å². The largest absolute Gasteiger partial charge is 0.497 e. The first-order valence-electron chi connectivity index (χ1n) is 45.4. The second-order valence-corrected chi connectivity index (χ2v) is 33.9. The minimum absolute atomic E-state index is 0. The molecule has 0 spiro atoms. The van der Waals surface area contributed by atoms with E-state index in [9.17, 15) is 29.4 Å². The minimum atomic E-state index is -0.979. The number of aliphatic hydroxyl groups excluding tert-OH is 2. The number of hydrogen-bond acceptors (Lipinski definition) is 17. The Balaban J connectivity index is 0.000000447. The molecule has 15 aromatic carbocycles. The molecule has 0 heterocycles. The van der Waals surface area contributed by atoms with E-state index in [1.165, 1.54) is 0 Å². The fraction of sp³-hybridized carbons (Fsp3) is 0.231. The van der Waals surface area contributed by atoms with Crippen molar-refractivity contribution < 1.29 is 81.5 Å². The van der Waals surface area contributed by atoms with Gasteiger partial charge in [-0.2, -0.15) is 0 Å². The summed E-state index contributed by atoms with van der Waals surface area (Å²) in [6.07, 6.45) is 1.66. The number of aryl methyl sites for hydroxylation is 3. The number of benzene rings is 15. The van der Waals surface area contributed by atoms with Gasteiger partial charge in [0.15, 0.2) is 17.3 Å². The third kappa shape index (κ3) is 32.0. The molecule has 15 rings (SSSR count). The van der Waals surface area contributed by atoms with Gasteiger partial charge in [0.2, 0.25) is 0 Å². The van der Waals surface area contributed by atoms with Crippen LogP contribution in [-0.2, 0) is 30.5 Å². The zero-order chi connectivity index (χ0) is 97.7. The number of aliphatic hydroxyl groups is 2. The topological polar surface area (TPSA) is 210 Å². The first-order chi connectivity index (χ1) is 66.8. The van der Waals surface area contributed by atoms with Crippen molar-refractivity contribution in [2.75, 3.05) is 61.0 Å². The van der Waals surface area contributed by atoms with E-state index in [2.05, 4.69) is 113 Å². The van der Waals surface area contributed by atoms with Crippen LogP contribution in [-0.4, -0.2) is 107 Å². The number of hydrogen-bond donors (Lipinski definition) is 2. The summed E-state index contributed by atoms with van der Waals surface area (Å²) in [5.74, 6) is 7.74. The Morgan fingerprint density at radius 3 is 0.653 bits per heavy atom. The molecule has 147 heavy (non-hydrogen) atoms. The van der Waals surface area contributed by atoms with Crippen LogP contribution in [0.4, 0.5) is 0 Å². The van der Waals surface area contributed by atoms with Gasteiger partial charge in [0.25, 0.3) is 0 Å². The predicted octanol–water partition coefficient (Wildman–Crippen LogP) is 31.2. The highest BCUT2D eigenvalue weighted by atomic mass is 16.6. The smallest absolute Gasteiger partial charge is 0.333 e. The molecular formula is C130H150O17. The molecule has 17 nitrogen and oxygen atoms in total. The Hall–Kier alpha value is -15.9. The molecule has 15 aromatic rings. The van der Waals surface area contributed by atoms with Crippen molar-refractivity contribution in [2.24, 2.45) is 0 Å². The number of carbonyl (C=O) groups is 4. The van der Waals surface area contributed by atoms with Crippen LogP contribution in [0.15, 0.2) is 401 Å². The van der Waals surface area contributed by atoms with E-state index in [4.69, 9.17) is 52.1 Å². The fourth-order valence-electron chi connectivity index (χ4n) is 15.8. The molecule has 0 saturated carbocycles. The van der Waals surface area contributed by atoms with Crippen molar-refractivity contribution in [1.82, 2.24) is 0 Å². The molecule has 0 aromatic heterocycles. The number of carbonyl (C=O) groups excluding carboxylic acids is 4. The maximum absolute atomic E-state index is 12.9. The van der Waals surface area contributed by atoms with Crippen molar-refractivity contribution in [3.63, 3.8) is 0 Å². The lowest BCUT2D eigenvalue weighted by atomic mass is 9.71. The van der Waals surface area contributed by atoms with E-state index in [1.807, 2.05) is 263 Å². The first-order valence-corrected chi connectivity index (χ1v) is 45.4. The Bertz CT molecular complexity index is 6530. The van der Waals surface area contributed by atoms with E-state index in [0.717, 1.165) is 89.8 Å². The summed E-state index contributed by atoms with van der Waals surface area (Å²) >= 11 is 0. The zero-order valence-corrected chi connectivity index (χ0v) is 79.3. The van der Waals surface area contributed by atoms with Crippen LogP contribution < -0.4 is 42.6 Å². The Morgan fingerprint density at radius 1 is 0.265 bits per heavy atom. The Morgan fingerprint density at radius 2 is 0.449 bits per heavy atom. The van der Waals surface area contributed by atoms with Gasteiger partial charge in [-0.15, -0.1) is 6.58 Å². The molecule has 0 radical (unpaired) electrons. The van der Waals surface area contributed by atoms with E-state index in [1.54, 1.807) is 88.9 Å². The summed E-state index contributed by atoms with van der Waals surface area (Å²) in [5.41, 5.74) is 15.6. The van der Waals surface area contributed by atoms with Crippen LogP contribution in [0.25, 0.3) is 0 Å². The highest BCUT2D eigenvalue weighted by molar-refractivity contribution is 6.10. The third-order valence-electron chi connectivity index (χ3n) is 24.1. The average molecular weight is 1980 g/mol. The van der Waals surface area contributed by atoms with Crippen LogP contribution in [0.2, 0.25) is 0 Å². The second kappa shape index (κ2) is 58.7. The summed E-state index contributed by atoms with van der Waals surface area (Å²) < 4.78 is 62.3. The highest BCUT2D eigenvalue weighted by Gasteiger charge is 2.35. The van der Waals surface area contributed by atoms with Gasteiger partial charge in [-0.3, -0.25) is 14.4 Å². The normalized spacial score (nSPS) is 11.8.